The number of anilines is 2. The van der Waals surface area contributed by atoms with Crippen molar-refractivity contribution in [3.63, 3.8) is 0 Å². The predicted octanol–water partition coefficient (Wildman–Crippen LogP) is 2.24. The molecule has 0 radical (unpaired) electrons. The van der Waals surface area contributed by atoms with Crippen LogP contribution in [0.1, 0.15) is 59.3 Å². The number of piperazine rings is 1. The number of nitrogens with one attached hydrogen (secondary N) is 2. The van der Waals surface area contributed by atoms with E-state index in [0.29, 0.717) is 11.4 Å². The van der Waals surface area contributed by atoms with Gasteiger partial charge in [0.1, 0.15) is 5.54 Å². The lowest BCUT2D eigenvalue weighted by molar-refractivity contribution is -0.133. The number of benzene rings is 1. The summed E-state index contributed by atoms with van der Waals surface area (Å²) >= 11 is 0. The van der Waals surface area contributed by atoms with Crippen molar-refractivity contribution in [1.29, 1.82) is 0 Å². The molecule has 1 saturated heterocycles. The molecular formula is C23H34N4O5S. The molecule has 1 heterocycles. The minimum absolute atomic E-state index is 0.00841. The quantitative estimate of drug-likeness (QED) is 0.609. The number of amides is 3. The standard InChI is InChI=1S/C23H34N4O5S/c1-4-33(31,32)26-15-21(29)27(20-13-11-19(12-14-20)24-17(2)28)23(3,16-26)22(30)25-18-9-7-5-6-8-10-18/h11-14,18H,4-10,15-16H2,1-3H3,(H,24,28)(H,25,30). The van der Waals surface area contributed by atoms with Gasteiger partial charge in [0.2, 0.25) is 27.7 Å². The zero-order chi connectivity index (χ0) is 24.2. The highest BCUT2D eigenvalue weighted by molar-refractivity contribution is 7.89. The summed E-state index contributed by atoms with van der Waals surface area (Å²) in [6.45, 7) is 4.10. The van der Waals surface area contributed by atoms with Crippen molar-refractivity contribution in [2.24, 2.45) is 0 Å². The van der Waals surface area contributed by atoms with Gasteiger partial charge >= 0.3 is 0 Å². The first-order valence-corrected chi connectivity index (χ1v) is 13.2. The van der Waals surface area contributed by atoms with Crippen molar-refractivity contribution in [3.8, 4) is 0 Å². The minimum atomic E-state index is -3.67. The van der Waals surface area contributed by atoms with Crippen molar-refractivity contribution in [3.05, 3.63) is 24.3 Å². The van der Waals surface area contributed by atoms with Crippen LogP contribution in [0.15, 0.2) is 24.3 Å². The van der Waals surface area contributed by atoms with Crippen LogP contribution < -0.4 is 15.5 Å². The van der Waals surface area contributed by atoms with Gasteiger partial charge in [-0.05, 0) is 51.0 Å². The normalized spacial score (nSPS) is 23.1. The average molecular weight is 479 g/mol. The lowest BCUT2D eigenvalue weighted by Gasteiger charge is -2.47. The van der Waals surface area contributed by atoms with E-state index in [4.69, 9.17) is 0 Å². The fourth-order valence-corrected chi connectivity index (χ4v) is 5.73. The Labute approximate surface area is 195 Å². The van der Waals surface area contributed by atoms with E-state index in [2.05, 4.69) is 10.6 Å². The molecule has 2 aliphatic rings. The van der Waals surface area contributed by atoms with Gasteiger partial charge in [-0.25, -0.2) is 8.42 Å². The van der Waals surface area contributed by atoms with Crippen molar-refractivity contribution in [2.45, 2.75) is 70.9 Å². The van der Waals surface area contributed by atoms with Crippen LogP contribution in [0.2, 0.25) is 0 Å². The van der Waals surface area contributed by atoms with Crippen LogP contribution in [-0.4, -0.2) is 60.9 Å². The summed E-state index contributed by atoms with van der Waals surface area (Å²) in [4.78, 5) is 39.6. The molecule has 1 aliphatic heterocycles. The van der Waals surface area contributed by atoms with Crippen LogP contribution in [-0.2, 0) is 24.4 Å². The maximum absolute atomic E-state index is 13.6. The molecule has 3 rings (SSSR count). The summed E-state index contributed by atoms with van der Waals surface area (Å²) in [6.07, 6.45) is 6.08. The topological polar surface area (TPSA) is 116 Å². The lowest BCUT2D eigenvalue weighted by atomic mass is 9.93. The predicted molar refractivity (Wildman–Crippen MR) is 127 cm³/mol. The molecule has 2 N–H and O–H groups in total. The van der Waals surface area contributed by atoms with Gasteiger partial charge in [-0.3, -0.25) is 19.3 Å². The Bertz CT molecular complexity index is 987. The van der Waals surface area contributed by atoms with Gasteiger partial charge in [-0.1, -0.05) is 25.7 Å². The van der Waals surface area contributed by atoms with E-state index in [-0.39, 0.29) is 36.7 Å². The Morgan fingerprint density at radius 1 is 1.09 bits per heavy atom. The van der Waals surface area contributed by atoms with Gasteiger partial charge < -0.3 is 10.6 Å². The molecule has 1 unspecified atom stereocenters. The van der Waals surface area contributed by atoms with E-state index in [1.165, 1.54) is 18.7 Å². The van der Waals surface area contributed by atoms with Gasteiger partial charge in [0.15, 0.2) is 0 Å². The van der Waals surface area contributed by atoms with Crippen molar-refractivity contribution in [2.75, 3.05) is 29.1 Å². The molecule has 182 valence electrons. The van der Waals surface area contributed by atoms with E-state index < -0.39 is 21.5 Å². The molecule has 3 amide bonds. The Morgan fingerprint density at radius 3 is 2.24 bits per heavy atom. The number of carbonyl (C=O) groups excluding carboxylic acids is 3. The number of carbonyl (C=O) groups is 3. The van der Waals surface area contributed by atoms with Crippen molar-refractivity contribution < 1.29 is 22.8 Å². The first-order chi connectivity index (χ1) is 15.6. The third kappa shape index (κ3) is 5.73. The van der Waals surface area contributed by atoms with Crippen LogP contribution in [0.4, 0.5) is 11.4 Å². The second kappa shape index (κ2) is 10.2. The molecule has 2 fully saturated rings. The average Bonchev–Trinajstić information content (AvgIpc) is 3.02. The van der Waals surface area contributed by atoms with Crippen LogP contribution in [0.25, 0.3) is 0 Å². The molecule has 1 aliphatic carbocycles. The summed E-state index contributed by atoms with van der Waals surface area (Å²) < 4.78 is 26.4. The molecule has 0 aromatic heterocycles. The van der Waals surface area contributed by atoms with Gasteiger partial charge in [0, 0.05) is 30.9 Å². The van der Waals surface area contributed by atoms with Gasteiger partial charge in [0.25, 0.3) is 0 Å². The molecule has 1 atom stereocenters. The highest BCUT2D eigenvalue weighted by Crippen LogP contribution is 2.32. The first kappa shape index (κ1) is 25.2. The molecule has 9 nitrogen and oxygen atoms in total. The van der Waals surface area contributed by atoms with E-state index in [1.54, 1.807) is 31.2 Å². The lowest BCUT2D eigenvalue weighted by Crippen LogP contribution is -2.70. The van der Waals surface area contributed by atoms with Crippen LogP contribution in [0, 0.1) is 0 Å². The monoisotopic (exact) mass is 478 g/mol. The van der Waals surface area contributed by atoms with Crippen LogP contribution in [0.5, 0.6) is 0 Å². The maximum atomic E-state index is 13.6. The molecule has 1 aromatic carbocycles. The van der Waals surface area contributed by atoms with Crippen LogP contribution in [0.3, 0.4) is 0 Å². The fourth-order valence-electron chi connectivity index (χ4n) is 4.61. The van der Waals surface area contributed by atoms with Gasteiger partial charge in [0.05, 0.1) is 12.3 Å². The molecule has 1 saturated carbocycles. The smallest absolute Gasteiger partial charge is 0.247 e. The molecule has 33 heavy (non-hydrogen) atoms. The number of nitrogens with zero attached hydrogens (tertiary/aromatic N) is 2. The maximum Gasteiger partial charge on any atom is 0.247 e. The fraction of sp³-hybridized carbons (Fsp3) is 0.609. The Morgan fingerprint density at radius 2 is 1.70 bits per heavy atom. The van der Waals surface area contributed by atoms with E-state index >= 15 is 0 Å². The molecular weight excluding hydrogens is 444 g/mol. The zero-order valence-corrected chi connectivity index (χ0v) is 20.4. The summed E-state index contributed by atoms with van der Waals surface area (Å²) in [6, 6.07) is 6.63. The summed E-state index contributed by atoms with van der Waals surface area (Å²) in [5, 5.41) is 5.78. The highest BCUT2D eigenvalue weighted by atomic mass is 32.2. The van der Waals surface area contributed by atoms with Crippen LogP contribution >= 0.6 is 0 Å². The molecule has 1 aromatic rings. The van der Waals surface area contributed by atoms with Gasteiger partial charge in [-0.2, -0.15) is 4.31 Å². The Kier molecular flexibility index (Phi) is 7.79. The Hall–Kier alpha value is -2.46. The minimum Gasteiger partial charge on any atom is -0.351 e. The van der Waals surface area contributed by atoms with E-state index in [0.717, 1.165) is 42.8 Å². The van der Waals surface area contributed by atoms with E-state index in [9.17, 15) is 22.8 Å². The molecule has 10 heteroatoms. The van der Waals surface area contributed by atoms with Gasteiger partial charge in [-0.15, -0.1) is 0 Å². The number of rotatable bonds is 6. The molecule has 0 bridgehead atoms. The summed E-state index contributed by atoms with van der Waals surface area (Å²) in [5.41, 5.74) is -0.379. The van der Waals surface area contributed by atoms with Crippen molar-refractivity contribution >= 4 is 39.1 Å². The number of sulfonamides is 1. The van der Waals surface area contributed by atoms with Crippen molar-refractivity contribution in [1.82, 2.24) is 9.62 Å². The summed E-state index contributed by atoms with van der Waals surface area (Å²) in [5.74, 6) is -1.19. The summed E-state index contributed by atoms with van der Waals surface area (Å²) in [7, 11) is -3.67. The number of hydrogen-bond donors (Lipinski definition) is 2. The van der Waals surface area contributed by atoms with E-state index in [1.807, 2.05) is 0 Å². The SMILES string of the molecule is CCS(=O)(=O)N1CC(=O)N(c2ccc(NC(C)=O)cc2)C(C)(C(=O)NC2CCCCCC2)C1. The third-order valence-electron chi connectivity index (χ3n) is 6.42. The largest absolute Gasteiger partial charge is 0.351 e. The first-order valence-electron chi connectivity index (χ1n) is 11.6. The highest BCUT2D eigenvalue weighted by Gasteiger charge is 2.51. The third-order valence-corrected chi connectivity index (χ3v) is 8.20. The second-order valence-corrected chi connectivity index (χ2v) is 11.3. The molecule has 0 spiro atoms. The Balaban J connectivity index is 1.95. The second-order valence-electron chi connectivity index (χ2n) is 9.06. The zero-order valence-electron chi connectivity index (χ0n) is 19.6. The number of hydrogen-bond acceptors (Lipinski definition) is 5.